The number of nitrogens with zero attached hydrogens (tertiary/aromatic N) is 1. The van der Waals surface area contributed by atoms with Crippen LogP contribution in [-0.2, 0) is 4.79 Å². The van der Waals surface area contributed by atoms with Crippen LogP contribution in [0.5, 0.6) is 0 Å². The number of nitrogens with two attached hydrogens (primary N) is 1. The van der Waals surface area contributed by atoms with Gasteiger partial charge in [-0.15, -0.1) is 0 Å². The Morgan fingerprint density at radius 3 is 1.71 bits per heavy atom. The minimum absolute atomic E-state index is 0.281. The third-order valence-electron chi connectivity index (χ3n) is 3.16. The van der Waals surface area contributed by atoms with E-state index in [-0.39, 0.29) is 4.65 Å². The molecule has 0 unspecified atom stereocenters. The summed E-state index contributed by atoms with van der Waals surface area (Å²) < 4.78 is -0.281. The van der Waals surface area contributed by atoms with Crippen molar-refractivity contribution in [3.63, 3.8) is 0 Å². The van der Waals surface area contributed by atoms with Gasteiger partial charge in [0.2, 0.25) is 0 Å². The van der Waals surface area contributed by atoms with Crippen LogP contribution in [0.3, 0.4) is 0 Å². The lowest BCUT2D eigenvalue weighted by molar-refractivity contribution is -0.838. The molecule has 0 aliphatic rings. The van der Waals surface area contributed by atoms with Crippen molar-refractivity contribution in [2.75, 3.05) is 27.2 Å². The summed E-state index contributed by atoms with van der Waals surface area (Å²) in [6, 6.07) is 0. The predicted molar refractivity (Wildman–Crippen MR) is 88.9 cm³/mol. The van der Waals surface area contributed by atoms with Gasteiger partial charge in [0.05, 0.1) is 20.6 Å². The standard InChI is InChI=1S/C12H24O2.C4H12N2O/c1-2-3-4-5-6-7-8-9-10-11-12(13)14;1-6(2,7)4-3-5/h2-11H2,1H3,(H,13,14);3-5H2,1-2H3. The van der Waals surface area contributed by atoms with Crippen LogP contribution >= 0.6 is 0 Å². The Hall–Kier alpha value is -0.650. The van der Waals surface area contributed by atoms with Crippen LogP contribution in [0.15, 0.2) is 0 Å². The van der Waals surface area contributed by atoms with Gasteiger partial charge in [0.1, 0.15) is 0 Å². The first-order valence-corrected chi connectivity index (χ1v) is 8.29. The third kappa shape index (κ3) is 28.3. The average Bonchev–Trinajstić information content (AvgIpc) is 2.36. The Labute approximate surface area is 130 Å². The van der Waals surface area contributed by atoms with Crippen LogP contribution in [0.2, 0.25) is 0 Å². The maximum Gasteiger partial charge on any atom is 0.303 e. The number of carbonyl (C=O) groups is 1. The molecule has 0 aromatic rings. The van der Waals surface area contributed by atoms with Gasteiger partial charge in [-0.2, -0.15) is 0 Å². The number of unbranched alkanes of at least 4 members (excludes halogenated alkanes) is 8. The van der Waals surface area contributed by atoms with Crippen LogP contribution in [0.25, 0.3) is 0 Å². The Bertz CT molecular complexity index is 228. The predicted octanol–water partition coefficient (Wildman–Crippen LogP) is 3.51. The molecule has 0 saturated carbocycles. The van der Waals surface area contributed by atoms with Crippen LogP contribution in [0, 0.1) is 5.21 Å². The van der Waals surface area contributed by atoms with E-state index in [2.05, 4.69) is 6.92 Å². The number of hydrogen-bond acceptors (Lipinski definition) is 3. The van der Waals surface area contributed by atoms with Gasteiger partial charge in [-0.25, -0.2) is 0 Å². The van der Waals surface area contributed by atoms with Crippen LogP contribution in [-0.4, -0.2) is 42.9 Å². The van der Waals surface area contributed by atoms with Crippen molar-refractivity contribution in [3.8, 4) is 0 Å². The maximum atomic E-state index is 10.6. The van der Waals surface area contributed by atoms with E-state index in [1.54, 1.807) is 14.1 Å². The fourth-order valence-corrected chi connectivity index (χ4v) is 1.90. The van der Waals surface area contributed by atoms with Crippen molar-refractivity contribution in [1.29, 1.82) is 0 Å². The average molecular weight is 304 g/mol. The monoisotopic (exact) mass is 304 g/mol. The lowest BCUT2D eigenvalue weighted by Gasteiger charge is -2.32. The number of carboxylic acid groups (broad SMARTS) is 1. The second-order valence-electron chi connectivity index (χ2n) is 6.06. The van der Waals surface area contributed by atoms with Gasteiger partial charge in [-0.1, -0.05) is 58.3 Å². The number of hydroxylamine groups is 3. The highest BCUT2D eigenvalue weighted by Gasteiger charge is 1.96. The first-order valence-electron chi connectivity index (χ1n) is 8.29. The number of quaternary nitrogens is 1. The summed E-state index contributed by atoms with van der Waals surface area (Å²) in [5.74, 6) is -0.659. The lowest BCUT2D eigenvalue weighted by Crippen LogP contribution is -2.36. The first-order chi connectivity index (χ1) is 9.83. The Morgan fingerprint density at radius 2 is 1.43 bits per heavy atom. The fourth-order valence-electron chi connectivity index (χ4n) is 1.90. The molecule has 0 saturated heterocycles. The number of rotatable bonds is 12. The number of likely N-dealkylation sites (N-methyl/N-ethyl adjacent to an activating group) is 1. The quantitative estimate of drug-likeness (QED) is 0.328. The summed E-state index contributed by atoms with van der Waals surface area (Å²) in [7, 11) is 3.15. The summed E-state index contributed by atoms with van der Waals surface area (Å²) in [6.45, 7) is 3.20. The minimum Gasteiger partial charge on any atom is -0.633 e. The number of hydrogen-bond donors (Lipinski definition) is 2. The van der Waals surface area contributed by atoms with Gasteiger partial charge in [0.15, 0.2) is 0 Å². The number of carboxylic acids is 1. The van der Waals surface area contributed by atoms with E-state index in [1.807, 2.05) is 0 Å². The van der Waals surface area contributed by atoms with Gasteiger partial charge >= 0.3 is 5.97 Å². The summed E-state index contributed by atoms with van der Waals surface area (Å²) in [4.78, 5) is 10.2. The Balaban J connectivity index is 0. The molecule has 0 heterocycles. The Morgan fingerprint density at radius 1 is 1.00 bits per heavy atom. The molecule has 0 fully saturated rings. The van der Waals surface area contributed by atoms with Crippen LogP contribution < -0.4 is 5.73 Å². The zero-order valence-corrected chi connectivity index (χ0v) is 14.3. The van der Waals surface area contributed by atoms with Gasteiger partial charge in [0.25, 0.3) is 0 Å². The molecule has 0 aliphatic heterocycles. The molecule has 5 heteroatoms. The highest BCUT2D eigenvalue weighted by molar-refractivity contribution is 5.66. The van der Waals surface area contributed by atoms with Crippen LogP contribution in [0.1, 0.15) is 71.1 Å². The molecule has 0 spiro atoms. The molecular formula is C16H36N2O3. The van der Waals surface area contributed by atoms with E-state index in [1.165, 1.54) is 44.9 Å². The zero-order valence-electron chi connectivity index (χ0n) is 14.3. The second-order valence-corrected chi connectivity index (χ2v) is 6.06. The first kappa shape index (κ1) is 22.6. The van der Waals surface area contributed by atoms with E-state index in [4.69, 9.17) is 10.8 Å². The van der Waals surface area contributed by atoms with Crippen molar-refractivity contribution >= 4 is 5.97 Å². The van der Waals surface area contributed by atoms with E-state index in [0.29, 0.717) is 19.5 Å². The molecule has 3 N–H and O–H groups in total. The smallest absolute Gasteiger partial charge is 0.303 e. The molecule has 0 bridgehead atoms. The highest BCUT2D eigenvalue weighted by atomic mass is 16.5. The molecule has 0 rings (SSSR count). The molecule has 0 atom stereocenters. The second kappa shape index (κ2) is 15.7. The molecule has 0 radical (unpaired) electrons. The van der Waals surface area contributed by atoms with Crippen molar-refractivity contribution in [1.82, 2.24) is 0 Å². The lowest BCUT2D eigenvalue weighted by atomic mass is 10.1. The zero-order chi connectivity index (χ0) is 16.6. The van der Waals surface area contributed by atoms with E-state index in [0.717, 1.165) is 12.8 Å². The normalized spacial score (nSPS) is 10.9. The molecule has 0 amide bonds. The van der Waals surface area contributed by atoms with Crippen molar-refractivity contribution in [2.24, 2.45) is 5.73 Å². The van der Waals surface area contributed by atoms with Gasteiger partial charge < -0.3 is 20.7 Å². The van der Waals surface area contributed by atoms with Gasteiger partial charge in [0, 0.05) is 13.0 Å². The number of aliphatic carboxylic acids is 1. The molecule has 21 heavy (non-hydrogen) atoms. The topological polar surface area (TPSA) is 86.4 Å². The molecule has 5 nitrogen and oxygen atoms in total. The Kier molecular flexibility index (Phi) is 17.0. The summed E-state index contributed by atoms with van der Waals surface area (Å²) in [5, 5.41) is 19.0. The van der Waals surface area contributed by atoms with Crippen molar-refractivity contribution in [3.05, 3.63) is 5.21 Å². The minimum atomic E-state index is -0.659. The summed E-state index contributed by atoms with van der Waals surface area (Å²) >= 11 is 0. The van der Waals surface area contributed by atoms with Gasteiger partial charge in [-0.3, -0.25) is 4.79 Å². The SMILES string of the molecule is CCCCCCCCCCCC(=O)O.C[N+](C)([O-])CCN. The van der Waals surface area contributed by atoms with Gasteiger partial charge in [-0.05, 0) is 6.42 Å². The highest BCUT2D eigenvalue weighted by Crippen LogP contribution is 2.10. The van der Waals surface area contributed by atoms with E-state index < -0.39 is 5.97 Å². The van der Waals surface area contributed by atoms with E-state index in [9.17, 15) is 10.0 Å². The van der Waals surface area contributed by atoms with Crippen molar-refractivity contribution < 1.29 is 14.5 Å². The summed E-state index contributed by atoms with van der Waals surface area (Å²) in [5.41, 5.74) is 5.10. The molecule has 0 aromatic carbocycles. The largest absolute Gasteiger partial charge is 0.633 e. The summed E-state index contributed by atoms with van der Waals surface area (Å²) in [6.07, 6.45) is 11.5. The molecule has 0 aliphatic carbocycles. The molecule has 128 valence electrons. The molecular weight excluding hydrogens is 268 g/mol. The van der Waals surface area contributed by atoms with Crippen molar-refractivity contribution in [2.45, 2.75) is 71.1 Å². The van der Waals surface area contributed by atoms with E-state index >= 15 is 0 Å². The fraction of sp³-hybridized carbons (Fsp3) is 0.938. The van der Waals surface area contributed by atoms with Crippen LogP contribution in [0.4, 0.5) is 0 Å². The maximum absolute atomic E-state index is 10.6. The third-order valence-corrected chi connectivity index (χ3v) is 3.16. The molecule has 0 aromatic heterocycles.